The van der Waals surface area contributed by atoms with Crippen molar-refractivity contribution in [2.24, 2.45) is 0 Å². The molecule has 2 aromatic rings. The number of benzene rings is 2. The minimum atomic E-state index is -0.542. The molecule has 0 aromatic heterocycles. The summed E-state index contributed by atoms with van der Waals surface area (Å²) in [7, 11) is -0.712. The average molecular weight is 719 g/mol. The number of β-amino-alcohol motifs (C(OH)–C–C–N with tert-alkyl or cyclic N) is 1. The molecule has 16 heteroatoms. The van der Waals surface area contributed by atoms with Crippen molar-refractivity contribution in [1.82, 2.24) is 29.6 Å². The lowest BCUT2D eigenvalue weighted by Crippen LogP contribution is -2.56. The van der Waals surface area contributed by atoms with E-state index in [0.29, 0.717) is 46.5 Å². The zero-order valence-electron chi connectivity index (χ0n) is 27.6. The number of hydrogen-bond acceptors (Lipinski definition) is 10. The molecule has 0 bridgehead atoms. The van der Waals surface area contributed by atoms with Crippen molar-refractivity contribution in [2.75, 3.05) is 78.5 Å². The van der Waals surface area contributed by atoms with Gasteiger partial charge in [-0.15, -0.1) is 0 Å². The minimum Gasteiger partial charge on any atom is -0.437 e. The Hall–Kier alpha value is -2.23. The molecule has 2 aromatic carbocycles. The number of amides is 2. The van der Waals surface area contributed by atoms with E-state index in [1.807, 2.05) is 16.5 Å². The van der Waals surface area contributed by atoms with E-state index in [2.05, 4.69) is 15.0 Å². The summed E-state index contributed by atoms with van der Waals surface area (Å²) in [5.74, 6) is -0.00157. The molecule has 2 amide bonds. The Labute approximate surface area is 301 Å². The predicted molar refractivity (Wildman–Crippen MR) is 195 cm³/mol. The van der Waals surface area contributed by atoms with Crippen LogP contribution in [0.3, 0.4) is 0 Å². The van der Waals surface area contributed by atoms with Gasteiger partial charge in [-0.25, -0.2) is 0 Å². The molecule has 2 unspecified atom stereocenters. The first kappa shape index (κ1) is 39.6. The zero-order chi connectivity index (χ0) is 34.4. The smallest absolute Gasteiger partial charge is 0.376 e. The van der Waals surface area contributed by atoms with E-state index in [1.165, 1.54) is 0 Å². The normalized spacial score (nSPS) is 25.2. The Balaban J connectivity index is 0.000000184. The molecular formula is C33H50B2Cl2N6O6. The first-order valence-corrected chi connectivity index (χ1v) is 17.5. The third kappa shape index (κ3) is 10.9. The van der Waals surface area contributed by atoms with Crippen LogP contribution in [-0.4, -0.2) is 168 Å². The van der Waals surface area contributed by atoms with Crippen molar-refractivity contribution >= 4 is 49.1 Å². The fourth-order valence-corrected chi connectivity index (χ4v) is 6.77. The Morgan fingerprint density at radius 2 is 1.14 bits per heavy atom. The Morgan fingerprint density at radius 1 is 0.714 bits per heavy atom. The summed E-state index contributed by atoms with van der Waals surface area (Å²) in [6, 6.07) is 13.8. The number of nitrogens with zero attached hydrogens (tertiary/aromatic N) is 5. The Morgan fingerprint density at radius 3 is 1.57 bits per heavy atom. The molecule has 5 aliphatic heterocycles. The summed E-state index contributed by atoms with van der Waals surface area (Å²) in [5.41, 5.74) is 1.28. The van der Waals surface area contributed by atoms with Crippen LogP contribution in [0.25, 0.3) is 0 Å². The number of nitrogens with one attached hydrogen (secondary N) is 1. The molecular weight excluding hydrogens is 669 g/mol. The summed E-state index contributed by atoms with van der Waals surface area (Å²) in [6.45, 7) is 13.0. The molecule has 5 fully saturated rings. The second-order valence-corrected chi connectivity index (χ2v) is 13.8. The second-order valence-electron chi connectivity index (χ2n) is 12.9. The van der Waals surface area contributed by atoms with Gasteiger partial charge in [0.1, 0.15) is 12.2 Å². The Bertz CT molecular complexity index is 1340. The van der Waals surface area contributed by atoms with Crippen molar-refractivity contribution < 1.29 is 29.5 Å². The number of ether oxygens (including phenoxy) is 1. The van der Waals surface area contributed by atoms with Gasteiger partial charge in [-0.2, -0.15) is 0 Å². The molecule has 0 spiro atoms. The summed E-state index contributed by atoms with van der Waals surface area (Å²) in [4.78, 5) is 34.4. The predicted octanol–water partition coefficient (Wildman–Crippen LogP) is 1.45. The zero-order valence-corrected chi connectivity index (χ0v) is 29.1. The van der Waals surface area contributed by atoms with Crippen LogP contribution in [0.5, 0.6) is 0 Å². The van der Waals surface area contributed by atoms with Gasteiger partial charge >= 0.3 is 14.1 Å². The monoisotopic (exact) mass is 718 g/mol. The SMILES string of the molecule is C.CB(O)N1CCN([C@H]2CN(C(=O)c3ccc(Cl)cc3)C[C@@H]2O)CC1.CB(O)N1CCNCC1.O=C(c1ccc(Cl)cc1)N1CC2OC2C1. The maximum atomic E-state index is 12.6. The highest BCUT2D eigenvalue weighted by Crippen LogP contribution is 2.31. The van der Waals surface area contributed by atoms with Crippen molar-refractivity contribution in [3.63, 3.8) is 0 Å². The van der Waals surface area contributed by atoms with E-state index in [9.17, 15) is 19.7 Å². The van der Waals surface area contributed by atoms with E-state index in [0.717, 1.165) is 65.4 Å². The number of hydrogen-bond donors (Lipinski definition) is 4. The van der Waals surface area contributed by atoms with E-state index in [-0.39, 0.29) is 32.3 Å². The molecule has 49 heavy (non-hydrogen) atoms. The number of epoxide rings is 1. The second kappa shape index (κ2) is 18.3. The van der Waals surface area contributed by atoms with Gasteiger partial charge in [0.25, 0.3) is 11.8 Å². The van der Waals surface area contributed by atoms with Gasteiger partial charge in [-0.3, -0.25) is 14.5 Å². The van der Waals surface area contributed by atoms with Crippen LogP contribution >= 0.6 is 23.2 Å². The van der Waals surface area contributed by atoms with Gasteiger partial charge in [0.2, 0.25) is 0 Å². The van der Waals surface area contributed by atoms with Crippen LogP contribution in [0.1, 0.15) is 28.1 Å². The quantitative estimate of drug-likeness (QED) is 0.266. The maximum Gasteiger partial charge on any atom is 0.376 e. The van der Waals surface area contributed by atoms with Crippen LogP contribution < -0.4 is 5.32 Å². The Kier molecular flexibility index (Phi) is 14.8. The lowest BCUT2D eigenvalue weighted by molar-refractivity contribution is 0.0587. The summed E-state index contributed by atoms with van der Waals surface area (Å²) in [6.07, 6.45) is 0.0434. The third-order valence-electron chi connectivity index (χ3n) is 9.53. The molecule has 5 saturated heterocycles. The summed E-state index contributed by atoms with van der Waals surface area (Å²) < 4.78 is 5.27. The number of piperazine rings is 2. The molecule has 4 N–H and O–H groups in total. The van der Waals surface area contributed by atoms with Gasteiger partial charge in [-0.1, -0.05) is 30.6 Å². The fraction of sp³-hybridized carbons (Fsp3) is 0.576. The molecule has 7 rings (SSSR count). The number of carbonyl (C=O) groups excluding carboxylic acids is 2. The molecule has 0 aliphatic carbocycles. The third-order valence-corrected chi connectivity index (χ3v) is 10.0. The van der Waals surface area contributed by atoms with E-state index < -0.39 is 13.2 Å². The van der Waals surface area contributed by atoms with Crippen LogP contribution in [0, 0.1) is 0 Å². The van der Waals surface area contributed by atoms with Crippen molar-refractivity contribution in [3.8, 4) is 0 Å². The van der Waals surface area contributed by atoms with E-state index in [1.54, 1.807) is 60.3 Å². The summed E-state index contributed by atoms with van der Waals surface area (Å²) >= 11 is 11.6. The standard InChI is InChI=1S/C16H23BClN3O3.C11H10ClNO2.C5H13BN2O.CH4/c1-17(24)21-8-6-19(7-9-21)14-10-20(11-15(14)22)16(23)12-2-4-13(18)5-3-12;12-8-3-1-7(2-4-8)11(14)13-5-9-10(6-13)15-9;1-6(9)8-4-2-7-3-5-8;/h2-5,14-15,22,24H,6-11H2,1H3;1-4,9-10H,5-6H2;7,9H,2-5H2,1H3;1H4/t14-,15-;;;/m0.../s1. The number of carbonyl (C=O) groups is 2. The highest BCUT2D eigenvalue weighted by atomic mass is 35.5. The number of aliphatic hydroxyl groups is 1. The molecule has 268 valence electrons. The van der Waals surface area contributed by atoms with Gasteiger partial charge in [0, 0.05) is 99.7 Å². The molecule has 0 radical (unpaired) electrons. The first-order chi connectivity index (χ1) is 23.0. The number of rotatable bonds is 5. The van der Waals surface area contributed by atoms with Crippen LogP contribution in [0.2, 0.25) is 23.7 Å². The lowest BCUT2D eigenvalue weighted by atomic mass is 9.84. The minimum absolute atomic E-state index is 0. The van der Waals surface area contributed by atoms with Crippen molar-refractivity contribution in [1.29, 1.82) is 0 Å². The van der Waals surface area contributed by atoms with E-state index >= 15 is 0 Å². The van der Waals surface area contributed by atoms with Crippen molar-refractivity contribution in [2.45, 2.75) is 45.4 Å². The first-order valence-electron chi connectivity index (χ1n) is 16.7. The van der Waals surface area contributed by atoms with E-state index in [4.69, 9.17) is 33.0 Å². The van der Waals surface area contributed by atoms with Crippen LogP contribution in [0.4, 0.5) is 0 Å². The number of halogens is 2. The number of morpholine rings is 1. The number of fused-ring (bicyclic) bond motifs is 1. The molecule has 5 aliphatic rings. The molecule has 5 heterocycles. The molecule has 0 saturated carbocycles. The number of aliphatic hydroxyl groups excluding tert-OH is 1. The molecule has 12 nitrogen and oxygen atoms in total. The van der Waals surface area contributed by atoms with Gasteiger partial charge in [0.05, 0.1) is 12.1 Å². The van der Waals surface area contributed by atoms with Gasteiger partial charge < -0.3 is 44.6 Å². The topological polar surface area (TPSA) is 136 Å². The lowest BCUT2D eigenvalue weighted by Gasteiger charge is -2.39. The molecule has 4 atom stereocenters. The highest BCUT2D eigenvalue weighted by molar-refractivity contribution is 6.45. The van der Waals surface area contributed by atoms with Crippen LogP contribution in [-0.2, 0) is 4.74 Å². The number of likely N-dealkylation sites (tertiary alicyclic amines) is 2. The summed E-state index contributed by atoms with van der Waals surface area (Å²) in [5, 5.41) is 33.6. The van der Waals surface area contributed by atoms with Crippen LogP contribution in [0.15, 0.2) is 48.5 Å². The highest BCUT2D eigenvalue weighted by Gasteiger charge is 2.48. The van der Waals surface area contributed by atoms with Gasteiger partial charge in [-0.05, 0) is 62.2 Å². The average Bonchev–Trinajstić information content (AvgIpc) is 3.50. The van der Waals surface area contributed by atoms with Crippen molar-refractivity contribution in [3.05, 3.63) is 69.7 Å². The largest absolute Gasteiger partial charge is 0.437 e. The fourth-order valence-electron chi connectivity index (χ4n) is 6.52. The van der Waals surface area contributed by atoms with Gasteiger partial charge in [0.15, 0.2) is 0 Å². The maximum absolute atomic E-state index is 12.6.